The highest BCUT2D eigenvalue weighted by atomic mass is 35.5. The number of nitrogen functional groups attached to an aromatic ring is 1. The first-order valence-corrected chi connectivity index (χ1v) is 6.54. The van der Waals surface area contributed by atoms with Crippen LogP contribution in [0.5, 0.6) is 0 Å². The van der Waals surface area contributed by atoms with E-state index in [-0.39, 0.29) is 0 Å². The Hall–Kier alpha value is -0.970. The highest BCUT2D eigenvalue weighted by molar-refractivity contribution is 7.98. The van der Waals surface area contributed by atoms with Gasteiger partial charge in [0.25, 0.3) is 0 Å². The maximum Gasteiger partial charge on any atom is 0.134 e. The summed E-state index contributed by atoms with van der Waals surface area (Å²) in [5.41, 5.74) is 6.45. The minimum atomic E-state index is 0.401. The molecule has 0 atom stereocenters. The Labute approximate surface area is 113 Å². The fourth-order valence-electron chi connectivity index (χ4n) is 1.19. The molecule has 88 valence electrons. The van der Waals surface area contributed by atoms with Gasteiger partial charge in [0.1, 0.15) is 16.1 Å². The fourth-order valence-corrected chi connectivity index (χ4v) is 2.52. The molecule has 2 aromatic heterocycles. The molecule has 2 aromatic rings. The molecule has 0 aliphatic heterocycles. The summed E-state index contributed by atoms with van der Waals surface area (Å²) in [5.74, 6) is 1.23. The van der Waals surface area contributed by atoms with Gasteiger partial charge in [-0.05, 0) is 23.8 Å². The van der Waals surface area contributed by atoms with Gasteiger partial charge >= 0.3 is 0 Å². The quantitative estimate of drug-likeness (QED) is 0.691. The summed E-state index contributed by atoms with van der Waals surface area (Å²) in [7, 11) is 0. The average Bonchev–Trinajstić information content (AvgIpc) is 2.30. The van der Waals surface area contributed by atoms with Crippen LogP contribution in [0.3, 0.4) is 0 Å². The zero-order valence-corrected chi connectivity index (χ0v) is 11.1. The van der Waals surface area contributed by atoms with Gasteiger partial charge in [0.15, 0.2) is 0 Å². The monoisotopic (exact) mass is 285 g/mol. The summed E-state index contributed by atoms with van der Waals surface area (Å²) in [6.07, 6.45) is 1.73. The summed E-state index contributed by atoms with van der Waals surface area (Å²) in [5, 5.41) is 0.839. The molecule has 3 nitrogen and oxygen atoms in total. The molecule has 0 aromatic carbocycles. The Morgan fingerprint density at radius 1 is 1.18 bits per heavy atom. The van der Waals surface area contributed by atoms with E-state index in [9.17, 15) is 0 Å². The summed E-state index contributed by atoms with van der Waals surface area (Å²) >= 11 is 13.3. The van der Waals surface area contributed by atoms with Crippen molar-refractivity contribution in [2.24, 2.45) is 0 Å². The minimum Gasteiger partial charge on any atom is -0.384 e. The van der Waals surface area contributed by atoms with Crippen molar-refractivity contribution in [3.8, 4) is 0 Å². The van der Waals surface area contributed by atoms with Crippen LogP contribution < -0.4 is 5.73 Å². The normalized spacial score (nSPS) is 10.5. The number of thioether (sulfide) groups is 1. The van der Waals surface area contributed by atoms with Gasteiger partial charge in [0.05, 0.1) is 0 Å². The number of pyridine rings is 2. The van der Waals surface area contributed by atoms with Gasteiger partial charge in [-0.3, -0.25) is 0 Å². The first kappa shape index (κ1) is 12.5. The zero-order chi connectivity index (χ0) is 12.3. The highest BCUT2D eigenvalue weighted by Gasteiger charge is 2.04. The molecule has 0 aliphatic rings. The summed E-state index contributed by atoms with van der Waals surface area (Å²) in [6, 6.07) is 7.29. The smallest absolute Gasteiger partial charge is 0.134 e. The van der Waals surface area contributed by atoms with Crippen LogP contribution in [0.2, 0.25) is 10.3 Å². The molecule has 0 aliphatic carbocycles. The second-order valence-electron chi connectivity index (χ2n) is 3.29. The molecule has 0 unspecified atom stereocenters. The van der Waals surface area contributed by atoms with Crippen LogP contribution in [0.4, 0.5) is 5.82 Å². The standard InChI is InChI=1S/C11H9Cl2N3S/c12-9-3-1-7(11(13)16-9)6-17-8-2-4-10(14)15-5-8/h1-5H,6H2,(H2,14,15). The van der Waals surface area contributed by atoms with Crippen molar-refractivity contribution in [1.29, 1.82) is 0 Å². The number of hydrogen-bond donors (Lipinski definition) is 1. The third-order valence-electron chi connectivity index (χ3n) is 2.05. The molecular formula is C11H9Cl2N3S. The molecule has 0 fully saturated rings. The number of halogens is 2. The van der Waals surface area contributed by atoms with E-state index in [0.29, 0.717) is 21.9 Å². The molecule has 0 amide bonds. The molecule has 17 heavy (non-hydrogen) atoms. The van der Waals surface area contributed by atoms with Gasteiger partial charge in [0, 0.05) is 16.8 Å². The number of nitrogens with two attached hydrogens (primary N) is 1. The van der Waals surface area contributed by atoms with Crippen LogP contribution in [0.25, 0.3) is 0 Å². The summed E-state index contributed by atoms with van der Waals surface area (Å²) in [4.78, 5) is 9.03. The summed E-state index contributed by atoms with van der Waals surface area (Å²) < 4.78 is 0. The Balaban J connectivity index is 2.04. The lowest BCUT2D eigenvalue weighted by atomic mass is 10.3. The third-order valence-corrected chi connectivity index (χ3v) is 3.61. The molecule has 0 radical (unpaired) electrons. The van der Waals surface area contributed by atoms with Gasteiger partial charge in [-0.25, -0.2) is 9.97 Å². The van der Waals surface area contributed by atoms with Crippen LogP contribution in [0, 0.1) is 0 Å². The van der Waals surface area contributed by atoms with Gasteiger partial charge in [-0.1, -0.05) is 29.3 Å². The van der Waals surface area contributed by atoms with Gasteiger partial charge in [0.2, 0.25) is 0 Å². The van der Waals surface area contributed by atoms with Crippen LogP contribution in [0.15, 0.2) is 35.4 Å². The van der Waals surface area contributed by atoms with Crippen LogP contribution in [0.1, 0.15) is 5.56 Å². The van der Waals surface area contributed by atoms with E-state index in [2.05, 4.69) is 9.97 Å². The second kappa shape index (κ2) is 5.58. The Bertz CT molecular complexity index is 517. The third kappa shape index (κ3) is 3.49. The number of nitrogens with zero attached hydrogens (tertiary/aromatic N) is 2. The zero-order valence-electron chi connectivity index (χ0n) is 8.73. The Kier molecular flexibility index (Phi) is 4.10. The Morgan fingerprint density at radius 2 is 2.00 bits per heavy atom. The van der Waals surface area contributed by atoms with Gasteiger partial charge in [-0.15, -0.1) is 11.8 Å². The molecule has 2 heterocycles. The summed E-state index contributed by atoms with van der Waals surface area (Å²) in [6.45, 7) is 0. The molecule has 2 rings (SSSR count). The lowest BCUT2D eigenvalue weighted by Gasteiger charge is -2.04. The number of rotatable bonds is 3. The molecule has 0 saturated heterocycles. The van der Waals surface area contributed by atoms with Crippen LogP contribution in [-0.4, -0.2) is 9.97 Å². The highest BCUT2D eigenvalue weighted by Crippen LogP contribution is 2.26. The number of aromatic nitrogens is 2. The molecule has 0 saturated carbocycles. The van der Waals surface area contributed by atoms with Crippen molar-refractivity contribution in [1.82, 2.24) is 9.97 Å². The lowest BCUT2D eigenvalue weighted by Crippen LogP contribution is -1.89. The molecular weight excluding hydrogens is 277 g/mol. The second-order valence-corrected chi connectivity index (χ2v) is 5.09. The van der Waals surface area contributed by atoms with Crippen molar-refractivity contribution in [2.45, 2.75) is 10.6 Å². The maximum atomic E-state index is 5.98. The average molecular weight is 286 g/mol. The van der Waals surface area contributed by atoms with Crippen molar-refractivity contribution < 1.29 is 0 Å². The number of hydrogen-bond acceptors (Lipinski definition) is 4. The van der Waals surface area contributed by atoms with Gasteiger partial charge in [-0.2, -0.15) is 0 Å². The predicted octanol–water partition coefficient (Wildman–Crippen LogP) is 3.66. The van der Waals surface area contributed by atoms with Crippen molar-refractivity contribution in [3.05, 3.63) is 46.3 Å². The number of anilines is 1. The van der Waals surface area contributed by atoms with E-state index in [1.54, 1.807) is 30.1 Å². The SMILES string of the molecule is Nc1ccc(SCc2ccc(Cl)nc2Cl)cn1. The van der Waals surface area contributed by atoms with Crippen molar-refractivity contribution in [2.75, 3.05) is 5.73 Å². The topological polar surface area (TPSA) is 51.8 Å². The minimum absolute atomic E-state index is 0.401. The molecule has 6 heteroatoms. The van der Waals surface area contributed by atoms with E-state index in [1.807, 2.05) is 12.1 Å². The predicted molar refractivity (Wildman–Crippen MR) is 72.5 cm³/mol. The largest absolute Gasteiger partial charge is 0.384 e. The lowest BCUT2D eigenvalue weighted by molar-refractivity contribution is 1.23. The molecule has 0 bridgehead atoms. The van der Waals surface area contributed by atoms with Crippen LogP contribution in [-0.2, 0) is 5.75 Å². The van der Waals surface area contributed by atoms with Gasteiger partial charge < -0.3 is 5.73 Å². The van der Waals surface area contributed by atoms with E-state index in [4.69, 9.17) is 28.9 Å². The maximum absolute atomic E-state index is 5.98. The van der Waals surface area contributed by atoms with E-state index in [0.717, 1.165) is 10.5 Å². The van der Waals surface area contributed by atoms with E-state index in [1.165, 1.54) is 0 Å². The first-order valence-electron chi connectivity index (χ1n) is 4.80. The molecule has 2 N–H and O–H groups in total. The Morgan fingerprint density at radius 3 is 2.65 bits per heavy atom. The fraction of sp³-hybridized carbons (Fsp3) is 0.0909. The van der Waals surface area contributed by atoms with E-state index >= 15 is 0 Å². The first-order chi connectivity index (χ1) is 8.15. The molecule has 0 spiro atoms. The van der Waals surface area contributed by atoms with Crippen molar-refractivity contribution >= 4 is 40.8 Å². The van der Waals surface area contributed by atoms with Crippen molar-refractivity contribution in [3.63, 3.8) is 0 Å². The van der Waals surface area contributed by atoms with E-state index < -0.39 is 0 Å². The van der Waals surface area contributed by atoms with Crippen LogP contribution >= 0.6 is 35.0 Å².